The Morgan fingerprint density at radius 2 is 1.90 bits per heavy atom. The first kappa shape index (κ1) is 15.8. The summed E-state index contributed by atoms with van der Waals surface area (Å²) in [5.74, 6) is 0.348. The van der Waals surface area contributed by atoms with E-state index in [1.165, 1.54) is 19.3 Å². The fourth-order valence-electron chi connectivity index (χ4n) is 2.34. The van der Waals surface area contributed by atoms with Crippen molar-refractivity contribution < 1.29 is 9.47 Å². The number of nitrogens with zero attached hydrogens (tertiary/aromatic N) is 1. The van der Waals surface area contributed by atoms with Gasteiger partial charge in [0.15, 0.2) is 6.29 Å². The molecule has 1 aliphatic rings. The van der Waals surface area contributed by atoms with E-state index < -0.39 is 0 Å². The fourth-order valence-corrected chi connectivity index (χ4v) is 2.34. The summed E-state index contributed by atoms with van der Waals surface area (Å²) in [5, 5.41) is 8.79. The molecule has 112 valence electrons. The van der Waals surface area contributed by atoms with Crippen molar-refractivity contribution in [2.75, 3.05) is 13.2 Å². The fraction of sp³-hybridized carbons (Fsp3) is 0.500. The molecule has 0 aliphatic carbocycles. The van der Waals surface area contributed by atoms with Crippen LogP contribution in [0.1, 0.15) is 50.0 Å². The van der Waals surface area contributed by atoms with Gasteiger partial charge in [0, 0.05) is 11.5 Å². The molecule has 1 heterocycles. The zero-order chi connectivity index (χ0) is 14.9. The van der Waals surface area contributed by atoms with Crippen molar-refractivity contribution in [2.24, 2.45) is 5.92 Å². The van der Waals surface area contributed by atoms with E-state index in [0.717, 1.165) is 12.0 Å². The van der Waals surface area contributed by atoms with Crippen molar-refractivity contribution >= 4 is 0 Å². The van der Waals surface area contributed by atoms with E-state index in [1.807, 2.05) is 12.1 Å². The Balaban J connectivity index is 1.76. The summed E-state index contributed by atoms with van der Waals surface area (Å²) in [7, 11) is 0. The monoisotopic (exact) mass is 285 g/mol. The molecule has 0 aromatic heterocycles. The molecule has 21 heavy (non-hydrogen) atoms. The molecule has 3 heteroatoms. The van der Waals surface area contributed by atoms with E-state index in [4.69, 9.17) is 14.7 Å². The molecule has 3 nitrogen and oxygen atoms in total. The molecular weight excluding hydrogens is 262 g/mol. The SMILES string of the molecule is CCCCC/C=C/C1COC(c2ccc(C#N)cc2)OC1. The van der Waals surface area contributed by atoms with E-state index in [0.29, 0.717) is 24.7 Å². The Bertz CT molecular complexity index is 479. The minimum Gasteiger partial charge on any atom is -0.348 e. The smallest absolute Gasteiger partial charge is 0.183 e. The van der Waals surface area contributed by atoms with Crippen LogP contribution in [0.15, 0.2) is 36.4 Å². The number of hydrogen-bond donors (Lipinski definition) is 0. The van der Waals surface area contributed by atoms with Crippen LogP contribution in [0.25, 0.3) is 0 Å². The van der Waals surface area contributed by atoms with Crippen molar-refractivity contribution in [3.05, 3.63) is 47.5 Å². The maximum atomic E-state index is 8.79. The van der Waals surface area contributed by atoms with Gasteiger partial charge >= 0.3 is 0 Å². The van der Waals surface area contributed by atoms with E-state index in [-0.39, 0.29) is 6.29 Å². The van der Waals surface area contributed by atoms with Crippen molar-refractivity contribution in [1.82, 2.24) is 0 Å². The first-order chi connectivity index (χ1) is 10.3. The minimum atomic E-state index is -0.303. The molecule has 0 bridgehead atoms. The zero-order valence-corrected chi connectivity index (χ0v) is 12.6. The van der Waals surface area contributed by atoms with E-state index >= 15 is 0 Å². The number of benzene rings is 1. The second-order valence-corrected chi connectivity index (χ2v) is 5.42. The Labute approximate surface area is 127 Å². The van der Waals surface area contributed by atoms with E-state index in [2.05, 4.69) is 25.1 Å². The lowest BCUT2D eigenvalue weighted by Gasteiger charge is -2.28. The van der Waals surface area contributed by atoms with Crippen molar-refractivity contribution in [1.29, 1.82) is 5.26 Å². The minimum absolute atomic E-state index is 0.303. The molecule has 2 rings (SSSR count). The number of nitriles is 1. The van der Waals surface area contributed by atoms with Gasteiger partial charge in [-0.3, -0.25) is 0 Å². The summed E-state index contributed by atoms with van der Waals surface area (Å²) in [4.78, 5) is 0. The highest BCUT2D eigenvalue weighted by Crippen LogP contribution is 2.25. The van der Waals surface area contributed by atoms with Crippen LogP contribution in [0.3, 0.4) is 0 Å². The number of hydrogen-bond acceptors (Lipinski definition) is 3. The van der Waals surface area contributed by atoms with E-state index in [9.17, 15) is 0 Å². The molecule has 1 saturated heterocycles. The molecule has 0 spiro atoms. The van der Waals surface area contributed by atoms with E-state index in [1.54, 1.807) is 12.1 Å². The summed E-state index contributed by atoms with van der Waals surface area (Å²) in [5.41, 5.74) is 1.63. The third-order valence-corrected chi connectivity index (χ3v) is 3.62. The topological polar surface area (TPSA) is 42.2 Å². The Hall–Kier alpha value is -1.63. The van der Waals surface area contributed by atoms with Gasteiger partial charge in [-0.15, -0.1) is 0 Å². The molecule has 0 amide bonds. The summed E-state index contributed by atoms with van der Waals surface area (Å²) >= 11 is 0. The lowest BCUT2D eigenvalue weighted by molar-refractivity contribution is -0.197. The molecular formula is C18H23NO2. The van der Waals surface area contributed by atoms with Gasteiger partial charge in [-0.1, -0.05) is 44.1 Å². The van der Waals surface area contributed by atoms with Crippen LogP contribution in [0.5, 0.6) is 0 Å². The quantitative estimate of drug-likeness (QED) is 0.576. The van der Waals surface area contributed by atoms with Crippen LogP contribution in [0, 0.1) is 17.2 Å². The molecule has 0 unspecified atom stereocenters. The summed E-state index contributed by atoms with van der Waals surface area (Å²) in [6.45, 7) is 3.60. The number of unbranched alkanes of at least 4 members (excludes halogenated alkanes) is 3. The summed E-state index contributed by atoms with van der Waals surface area (Å²) < 4.78 is 11.5. The zero-order valence-electron chi connectivity index (χ0n) is 12.6. The van der Waals surface area contributed by atoms with Crippen LogP contribution in [-0.2, 0) is 9.47 Å². The first-order valence-electron chi connectivity index (χ1n) is 7.73. The van der Waals surface area contributed by atoms with Crippen LogP contribution in [-0.4, -0.2) is 13.2 Å². The first-order valence-corrected chi connectivity index (χ1v) is 7.73. The third kappa shape index (κ3) is 5.00. The Morgan fingerprint density at radius 1 is 1.19 bits per heavy atom. The van der Waals surface area contributed by atoms with Gasteiger partial charge in [0.05, 0.1) is 24.8 Å². The second kappa shape index (κ2) is 8.61. The van der Waals surface area contributed by atoms with Crippen molar-refractivity contribution in [3.8, 4) is 6.07 Å². The van der Waals surface area contributed by atoms with Gasteiger partial charge in [-0.2, -0.15) is 5.26 Å². The lowest BCUT2D eigenvalue weighted by Crippen LogP contribution is -2.25. The average Bonchev–Trinajstić information content (AvgIpc) is 2.55. The molecule has 0 atom stereocenters. The standard InChI is InChI=1S/C18H23NO2/c1-2-3-4-5-6-7-16-13-20-18(21-14-16)17-10-8-15(12-19)9-11-17/h6-11,16,18H,2-5,13-14H2,1H3/b7-6+. The highest BCUT2D eigenvalue weighted by molar-refractivity contribution is 5.32. The second-order valence-electron chi connectivity index (χ2n) is 5.42. The van der Waals surface area contributed by atoms with Crippen LogP contribution in [0.2, 0.25) is 0 Å². The van der Waals surface area contributed by atoms with Crippen LogP contribution >= 0.6 is 0 Å². The van der Waals surface area contributed by atoms with Gasteiger partial charge in [0.25, 0.3) is 0 Å². The van der Waals surface area contributed by atoms with Gasteiger partial charge in [0.1, 0.15) is 0 Å². The summed E-state index contributed by atoms with van der Waals surface area (Å²) in [6.07, 6.45) is 9.11. The highest BCUT2D eigenvalue weighted by atomic mass is 16.7. The molecule has 1 aliphatic heterocycles. The highest BCUT2D eigenvalue weighted by Gasteiger charge is 2.21. The van der Waals surface area contributed by atoms with Gasteiger partial charge in [-0.05, 0) is 25.0 Å². The maximum absolute atomic E-state index is 8.79. The van der Waals surface area contributed by atoms with Crippen molar-refractivity contribution in [3.63, 3.8) is 0 Å². The van der Waals surface area contributed by atoms with Crippen LogP contribution < -0.4 is 0 Å². The molecule has 1 aromatic carbocycles. The lowest BCUT2D eigenvalue weighted by atomic mass is 10.1. The molecule has 0 radical (unpaired) electrons. The molecule has 0 N–H and O–H groups in total. The number of allylic oxidation sites excluding steroid dienone is 1. The van der Waals surface area contributed by atoms with Gasteiger partial charge < -0.3 is 9.47 Å². The summed E-state index contributed by atoms with van der Waals surface area (Å²) in [6, 6.07) is 9.48. The maximum Gasteiger partial charge on any atom is 0.183 e. The normalized spacial score (nSPS) is 22.3. The Kier molecular flexibility index (Phi) is 6.46. The molecule has 1 fully saturated rings. The largest absolute Gasteiger partial charge is 0.348 e. The Morgan fingerprint density at radius 3 is 2.52 bits per heavy atom. The molecule has 0 saturated carbocycles. The van der Waals surface area contributed by atoms with Gasteiger partial charge in [0.2, 0.25) is 0 Å². The predicted molar refractivity (Wildman–Crippen MR) is 82.6 cm³/mol. The number of ether oxygens (including phenoxy) is 2. The molecule has 1 aromatic rings. The average molecular weight is 285 g/mol. The third-order valence-electron chi connectivity index (χ3n) is 3.62. The van der Waals surface area contributed by atoms with Crippen LogP contribution in [0.4, 0.5) is 0 Å². The predicted octanol–water partition coefficient (Wildman–Crippen LogP) is 4.36. The van der Waals surface area contributed by atoms with Crippen molar-refractivity contribution in [2.45, 2.75) is 38.9 Å². The van der Waals surface area contributed by atoms with Gasteiger partial charge in [-0.25, -0.2) is 0 Å². The number of rotatable bonds is 6.